The third kappa shape index (κ3) is 2.15. The summed E-state index contributed by atoms with van der Waals surface area (Å²) in [5.74, 6) is 0. The third-order valence-electron chi connectivity index (χ3n) is 4.92. The van der Waals surface area contributed by atoms with Crippen molar-refractivity contribution in [1.29, 1.82) is 0 Å². The van der Waals surface area contributed by atoms with E-state index < -0.39 is 0 Å². The molecular formula is C15H26O4. The highest BCUT2D eigenvalue weighted by Gasteiger charge is 2.52. The van der Waals surface area contributed by atoms with Crippen LogP contribution in [-0.4, -0.2) is 40.0 Å². The molecule has 0 aromatic rings. The van der Waals surface area contributed by atoms with E-state index in [1.165, 1.54) is 5.57 Å². The van der Waals surface area contributed by atoms with E-state index in [9.17, 15) is 0 Å². The van der Waals surface area contributed by atoms with E-state index >= 15 is 0 Å². The normalized spacial score (nSPS) is 42.7. The molecule has 19 heavy (non-hydrogen) atoms. The first-order valence-corrected chi connectivity index (χ1v) is 7.07. The van der Waals surface area contributed by atoms with Crippen LogP contribution < -0.4 is 0 Å². The van der Waals surface area contributed by atoms with Gasteiger partial charge in [0.05, 0.1) is 24.0 Å². The van der Waals surface area contributed by atoms with Gasteiger partial charge < -0.3 is 18.9 Å². The molecule has 0 spiro atoms. The van der Waals surface area contributed by atoms with Crippen LogP contribution >= 0.6 is 0 Å². The van der Waals surface area contributed by atoms with Crippen LogP contribution in [0.4, 0.5) is 0 Å². The predicted octanol–water partition coefficient (Wildman–Crippen LogP) is 2.73. The van der Waals surface area contributed by atoms with Crippen molar-refractivity contribution in [2.24, 2.45) is 10.8 Å². The molecule has 0 radical (unpaired) electrons. The fourth-order valence-electron chi connectivity index (χ4n) is 3.22. The lowest BCUT2D eigenvalue weighted by Crippen LogP contribution is -2.55. The van der Waals surface area contributed by atoms with Crippen molar-refractivity contribution in [2.45, 2.75) is 46.2 Å². The maximum Gasteiger partial charge on any atom is 0.168 e. The number of rotatable bonds is 6. The van der Waals surface area contributed by atoms with Crippen LogP contribution in [0.15, 0.2) is 11.6 Å². The summed E-state index contributed by atoms with van der Waals surface area (Å²) in [6, 6.07) is 0. The van der Waals surface area contributed by atoms with Gasteiger partial charge in [-0.05, 0) is 19.8 Å². The Balaban J connectivity index is 2.22. The monoisotopic (exact) mass is 270 g/mol. The van der Waals surface area contributed by atoms with E-state index in [-0.39, 0.29) is 23.4 Å². The van der Waals surface area contributed by atoms with Gasteiger partial charge in [0.15, 0.2) is 12.6 Å². The lowest BCUT2D eigenvalue weighted by Gasteiger charge is -2.51. The van der Waals surface area contributed by atoms with Gasteiger partial charge in [0.1, 0.15) is 0 Å². The molecule has 2 aliphatic heterocycles. The van der Waals surface area contributed by atoms with Gasteiger partial charge in [-0.25, -0.2) is 0 Å². The van der Waals surface area contributed by atoms with Crippen LogP contribution in [0, 0.1) is 10.8 Å². The summed E-state index contributed by atoms with van der Waals surface area (Å²) >= 11 is 0. The Hall–Kier alpha value is -0.420. The first-order valence-electron chi connectivity index (χ1n) is 7.07. The van der Waals surface area contributed by atoms with E-state index in [0.717, 1.165) is 26.1 Å². The number of ether oxygens (including phenoxy) is 4. The summed E-state index contributed by atoms with van der Waals surface area (Å²) in [4.78, 5) is 0. The maximum absolute atomic E-state index is 5.54. The molecule has 2 saturated heterocycles. The van der Waals surface area contributed by atoms with Crippen molar-refractivity contribution in [3.63, 3.8) is 0 Å². The largest absolute Gasteiger partial charge is 0.355 e. The molecule has 2 fully saturated rings. The Morgan fingerprint density at radius 2 is 1.74 bits per heavy atom. The van der Waals surface area contributed by atoms with Crippen molar-refractivity contribution < 1.29 is 18.9 Å². The zero-order valence-corrected chi connectivity index (χ0v) is 12.7. The van der Waals surface area contributed by atoms with Crippen molar-refractivity contribution in [3.8, 4) is 0 Å². The first-order chi connectivity index (χ1) is 9.08. The second-order valence-corrected chi connectivity index (χ2v) is 5.68. The quantitative estimate of drug-likeness (QED) is 0.695. The molecule has 0 saturated carbocycles. The number of hydrogen-bond donors (Lipinski definition) is 0. The molecular weight excluding hydrogens is 244 g/mol. The molecule has 2 rings (SSSR count). The van der Waals surface area contributed by atoms with E-state index in [1.54, 1.807) is 14.2 Å². The van der Waals surface area contributed by atoms with Gasteiger partial charge >= 0.3 is 0 Å². The highest BCUT2D eigenvalue weighted by molar-refractivity contribution is 5.22. The Labute approximate surface area is 116 Å². The first kappa shape index (κ1) is 15.0. The van der Waals surface area contributed by atoms with Gasteiger partial charge in [-0.2, -0.15) is 0 Å². The molecule has 2 aliphatic rings. The second-order valence-electron chi connectivity index (χ2n) is 5.68. The fourth-order valence-corrected chi connectivity index (χ4v) is 3.22. The molecule has 0 aliphatic carbocycles. The summed E-state index contributed by atoms with van der Waals surface area (Å²) in [6.07, 6.45) is 4.13. The maximum atomic E-state index is 5.54. The van der Waals surface area contributed by atoms with Gasteiger partial charge in [-0.15, -0.1) is 0 Å². The van der Waals surface area contributed by atoms with Gasteiger partial charge in [-0.1, -0.05) is 25.5 Å². The number of hydrogen-bond acceptors (Lipinski definition) is 4. The average molecular weight is 270 g/mol. The van der Waals surface area contributed by atoms with Gasteiger partial charge in [0.2, 0.25) is 0 Å². The van der Waals surface area contributed by atoms with E-state index in [2.05, 4.69) is 26.8 Å². The van der Waals surface area contributed by atoms with Crippen molar-refractivity contribution in [2.75, 3.05) is 27.4 Å². The molecule has 4 heteroatoms. The summed E-state index contributed by atoms with van der Waals surface area (Å²) in [7, 11) is 3.42. The standard InChI is InChI=1S/C15H26O4/c1-6-14(9-18-12(14)16-4)8-11(3)15(7-2)10-19-13(15)17-5/h8,12-13H,6-7,9-10H2,1-5H3. The molecule has 4 atom stereocenters. The molecule has 4 unspecified atom stereocenters. The Morgan fingerprint density at radius 3 is 2.05 bits per heavy atom. The van der Waals surface area contributed by atoms with Gasteiger partial charge in [0.25, 0.3) is 0 Å². The molecule has 2 heterocycles. The Bertz CT molecular complexity index is 342. The average Bonchev–Trinajstić information content (AvgIpc) is 2.35. The van der Waals surface area contributed by atoms with Crippen LogP contribution in [0.25, 0.3) is 0 Å². The number of methoxy groups -OCH3 is 2. The minimum absolute atomic E-state index is 0.00881. The van der Waals surface area contributed by atoms with Crippen molar-refractivity contribution in [1.82, 2.24) is 0 Å². The van der Waals surface area contributed by atoms with Crippen LogP contribution in [0.3, 0.4) is 0 Å². The van der Waals surface area contributed by atoms with E-state index in [0.29, 0.717) is 0 Å². The minimum atomic E-state index is -0.122. The molecule has 0 aromatic heterocycles. The fraction of sp³-hybridized carbons (Fsp3) is 0.867. The topological polar surface area (TPSA) is 36.9 Å². The van der Waals surface area contributed by atoms with Crippen LogP contribution in [-0.2, 0) is 18.9 Å². The summed E-state index contributed by atoms with van der Waals surface area (Å²) in [5, 5.41) is 0. The van der Waals surface area contributed by atoms with Gasteiger partial charge in [-0.3, -0.25) is 0 Å². The molecule has 4 nitrogen and oxygen atoms in total. The lowest BCUT2D eigenvalue weighted by atomic mass is 9.70. The highest BCUT2D eigenvalue weighted by Crippen LogP contribution is 2.49. The molecule has 0 aromatic carbocycles. The van der Waals surface area contributed by atoms with Crippen molar-refractivity contribution in [3.05, 3.63) is 11.6 Å². The smallest absolute Gasteiger partial charge is 0.168 e. The molecule has 110 valence electrons. The summed E-state index contributed by atoms with van der Waals surface area (Å²) in [5.41, 5.74) is 1.36. The highest BCUT2D eigenvalue weighted by atomic mass is 16.7. The van der Waals surface area contributed by atoms with E-state index in [4.69, 9.17) is 18.9 Å². The molecule has 0 amide bonds. The second kappa shape index (κ2) is 5.52. The third-order valence-corrected chi connectivity index (χ3v) is 4.92. The zero-order chi connectivity index (χ0) is 14.1. The molecule has 0 bridgehead atoms. The SMILES string of the molecule is CCC1(C=C(C)C2(CC)COC2OC)COC1OC. The molecule has 0 N–H and O–H groups in total. The summed E-state index contributed by atoms with van der Waals surface area (Å²) < 4.78 is 21.9. The minimum Gasteiger partial charge on any atom is -0.355 e. The van der Waals surface area contributed by atoms with E-state index in [1.807, 2.05) is 0 Å². The lowest BCUT2D eigenvalue weighted by molar-refractivity contribution is -0.292. The summed E-state index contributed by atoms with van der Waals surface area (Å²) in [6.45, 7) is 8.03. The van der Waals surface area contributed by atoms with Gasteiger partial charge in [0, 0.05) is 14.2 Å². The Kier molecular flexibility index (Phi) is 4.35. The van der Waals surface area contributed by atoms with Crippen molar-refractivity contribution >= 4 is 0 Å². The zero-order valence-electron chi connectivity index (χ0n) is 12.7. The van der Waals surface area contributed by atoms with Crippen LogP contribution in [0.2, 0.25) is 0 Å². The van der Waals surface area contributed by atoms with Crippen LogP contribution in [0.1, 0.15) is 33.6 Å². The predicted molar refractivity (Wildman–Crippen MR) is 72.7 cm³/mol. The van der Waals surface area contributed by atoms with Crippen LogP contribution in [0.5, 0.6) is 0 Å². The Morgan fingerprint density at radius 1 is 1.11 bits per heavy atom.